The van der Waals surface area contributed by atoms with Crippen molar-refractivity contribution in [3.8, 4) is 0 Å². The smallest absolute Gasteiger partial charge is 0.254 e. The zero-order chi connectivity index (χ0) is 16.5. The first kappa shape index (κ1) is 14.8. The standard InChI is InChI=1S/C19H20N4O/c1-15-14-23-8-7-16(13-18(23)20-15)19(24)22-11-9-21(10-12-22)17-5-3-2-4-6-17/h2-8,13-14H,9-12H2,1H3. The van der Waals surface area contributed by atoms with Crippen molar-refractivity contribution < 1.29 is 4.79 Å². The van der Waals surface area contributed by atoms with Crippen LogP contribution in [0.2, 0.25) is 0 Å². The number of benzene rings is 1. The van der Waals surface area contributed by atoms with Crippen LogP contribution in [0, 0.1) is 6.92 Å². The molecule has 0 unspecified atom stereocenters. The number of pyridine rings is 1. The van der Waals surface area contributed by atoms with E-state index in [1.165, 1.54) is 5.69 Å². The van der Waals surface area contributed by atoms with Gasteiger partial charge in [0.1, 0.15) is 5.65 Å². The molecule has 3 heterocycles. The molecule has 5 nitrogen and oxygen atoms in total. The quantitative estimate of drug-likeness (QED) is 0.729. The van der Waals surface area contributed by atoms with Crippen LogP contribution in [0.25, 0.3) is 5.65 Å². The summed E-state index contributed by atoms with van der Waals surface area (Å²) in [7, 11) is 0. The topological polar surface area (TPSA) is 40.9 Å². The normalized spacial score (nSPS) is 15.0. The van der Waals surface area contributed by atoms with Crippen LogP contribution in [0.3, 0.4) is 0 Å². The Bertz CT molecular complexity index is 863. The van der Waals surface area contributed by atoms with Gasteiger partial charge in [0.25, 0.3) is 5.91 Å². The fourth-order valence-electron chi connectivity index (χ4n) is 3.23. The maximum Gasteiger partial charge on any atom is 0.254 e. The van der Waals surface area contributed by atoms with E-state index in [9.17, 15) is 4.79 Å². The van der Waals surface area contributed by atoms with Gasteiger partial charge in [0.15, 0.2) is 0 Å². The van der Waals surface area contributed by atoms with Crippen LogP contribution in [0.1, 0.15) is 16.1 Å². The second-order valence-electron chi connectivity index (χ2n) is 6.18. The van der Waals surface area contributed by atoms with Crippen molar-refractivity contribution in [2.45, 2.75) is 6.92 Å². The fraction of sp³-hybridized carbons (Fsp3) is 0.263. The summed E-state index contributed by atoms with van der Waals surface area (Å²) in [6.07, 6.45) is 3.87. The Morgan fingerprint density at radius 3 is 2.54 bits per heavy atom. The van der Waals surface area contributed by atoms with E-state index < -0.39 is 0 Å². The molecule has 1 aliphatic heterocycles. The Hall–Kier alpha value is -2.82. The van der Waals surface area contributed by atoms with Crippen molar-refractivity contribution in [2.24, 2.45) is 0 Å². The van der Waals surface area contributed by atoms with Gasteiger partial charge in [0.05, 0.1) is 5.69 Å². The van der Waals surface area contributed by atoms with Crippen molar-refractivity contribution in [2.75, 3.05) is 31.1 Å². The highest BCUT2D eigenvalue weighted by Gasteiger charge is 2.22. The van der Waals surface area contributed by atoms with Crippen molar-refractivity contribution in [3.05, 3.63) is 66.1 Å². The number of hydrogen-bond acceptors (Lipinski definition) is 3. The summed E-state index contributed by atoms with van der Waals surface area (Å²) in [5, 5.41) is 0. The van der Waals surface area contributed by atoms with Gasteiger partial charge in [-0.2, -0.15) is 0 Å². The lowest BCUT2D eigenvalue weighted by Crippen LogP contribution is -2.48. The Morgan fingerprint density at radius 2 is 1.79 bits per heavy atom. The lowest BCUT2D eigenvalue weighted by molar-refractivity contribution is 0.0747. The molecule has 0 N–H and O–H groups in total. The monoisotopic (exact) mass is 320 g/mol. The number of fused-ring (bicyclic) bond motifs is 1. The van der Waals surface area contributed by atoms with Crippen LogP contribution in [0.15, 0.2) is 54.9 Å². The maximum absolute atomic E-state index is 12.8. The van der Waals surface area contributed by atoms with Gasteiger partial charge >= 0.3 is 0 Å². The lowest BCUT2D eigenvalue weighted by atomic mass is 10.2. The Kier molecular flexibility index (Phi) is 3.69. The van der Waals surface area contributed by atoms with Crippen LogP contribution >= 0.6 is 0 Å². The minimum absolute atomic E-state index is 0.0888. The molecule has 0 atom stereocenters. The summed E-state index contributed by atoms with van der Waals surface area (Å²) >= 11 is 0. The molecule has 1 saturated heterocycles. The average molecular weight is 320 g/mol. The predicted molar refractivity (Wildman–Crippen MR) is 94.5 cm³/mol. The summed E-state index contributed by atoms with van der Waals surface area (Å²) in [5.74, 6) is 0.0888. The molecule has 0 radical (unpaired) electrons. The Balaban J connectivity index is 1.47. The molecule has 0 saturated carbocycles. The third-order valence-electron chi connectivity index (χ3n) is 4.52. The number of piperazine rings is 1. The van der Waals surface area contributed by atoms with E-state index in [2.05, 4.69) is 34.1 Å². The van der Waals surface area contributed by atoms with Crippen LogP contribution in [0.5, 0.6) is 0 Å². The average Bonchev–Trinajstić information content (AvgIpc) is 3.01. The van der Waals surface area contributed by atoms with E-state index in [1.807, 2.05) is 46.8 Å². The zero-order valence-corrected chi connectivity index (χ0v) is 13.7. The summed E-state index contributed by atoms with van der Waals surface area (Å²) in [5.41, 5.74) is 3.71. The number of amides is 1. The van der Waals surface area contributed by atoms with Gasteiger partial charge in [-0.15, -0.1) is 0 Å². The number of rotatable bonds is 2. The van der Waals surface area contributed by atoms with Crippen molar-refractivity contribution >= 4 is 17.2 Å². The SMILES string of the molecule is Cc1cn2ccc(C(=O)N3CCN(c4ccccc4)CC3)cc2n1. The molecule has 5 heteroatoms. The molecular weight excluding hydrogens is 300 g/mol. The Labute approximate surface area is 141 Å². The van der Waals surface area contributed by atoms with Gasteiger partial charge < -0.3 is 14.2 Å². The highest BCUT2D eigenvalue weighted by molar-refractivity contribution is 5.95. The number of aryl methyl sites for hydroxylation is 1. The number of imidazole rings is 1. The summed E-state index contributed by atoms with van der Waals surface area (Å²) < 4.78 is 1.94. The molecular formula is C19H20N4O. The minimum atomic E-state index is 0.0888. The second kappa shape index (κ2) is 6.00. The number of carbonyl (C=O) groups excluding carboxylic acids is 1. The van der Waals surface area contributed by atoms with E-state index >= 15 is 0 Å². The van der Waals surface area contributed by atoms with Gasteiger partial charge in [0.2, 0.25) is 0 Å². The van der Waals surface area contributed by atoms with Crippen molar-refractivity contribution in [1.82, 2.24) is 14.3 Å². The van der Waals surface area contributed by atoms with E-state index in [0.717, 1.165) is 37.5 Å². The van der Waals surface area contributed by atoms with E-state index in [-0.39, 0.29) is 5.91 Å². The number of carbonyl (C=O) groups is 1. The number of anilines is 1. The van der Waals surface area contributed by atoms with Crippen LogP contribution in [-0.2, 0) is 0 Å². The van der Waals surface area contributed by atoms with Crippen molar-refractivity contribution in [3.63, 3.8) is 0 Å². The maximum atomic E-state index is 12.8. The molecule has 24 heavy (non-hydrogen) atoms. The fourth-order valence-corrected chi connectivity index (χ4v) is 3.23. The molecule has 122 valence electrons. The first-order valence-electron chi connectivity index (χ1n) is 8.25. The number of hydrogen-bond donors (Lipinski definition) is 0. The van der Waals surface area contributed by atoms with Crippen molar-refractivity contribution in [1.29, 1.82) is 0 Å². The molecule has 2 aromatic heterocycles. The second-order valence-corrected chi connectivity index (χ2v) is 6.18. The summed E-state index contributed by atoms with van der Waals surface area (Å²) in [6.45, 7) is 5.16. The number of aromatic nitrogens is 2. The molecule has 4 rings (SSSR count). The molecule has 1 fully saturated rings. The van der Waals surface area contributed by atoms with E-state index in [4.69, 9.17) is 0 Å². The zero-order valence-electron chi connectivity index (χ0n) is 13.7. The van der Waals surface area contributed by atoms with Gasteiger partial charge in [0, 0.05) is 49.8 Å². The largest absolute Gasteiger partial charge is 0.368 e. The predicted octanol–water partition coefficient (Wildman–Crippen LogP) is 2.61. The van der Waals surface area contributed by atoms with Crippen LogP contribution in [0.4, 0.5) is 5.69 Å². The van der Waals surface area contributed by atoms with Gasteiger partial charge in [-0.05, 0) is 31.2 Å². The van der Waals surface area contributed by atoms with Gasteiger partial charge in [-0.1, -0.05) is 18.2 Å². The number of para-hydroxylation sites is 1. The van der Waals surface area contributed by atoms with Crippen LogP contribution in [-0.4, -0.2) is 46.4 Å². The molecule has 3 aromatic rings. The van der Waals surface area contributed by atoms with Crippen LogP contribution < -0.4 is 4.90 Å². The lowest BCUT2D eigenvalue weighted by Gasteiger charge is -2.36. The molecule has 0 spiro atoms. The van der Waals surface area contributed by atoms with E-state index in [0.29, 0.717) is 5.56 Å². The van der Waals surface area contributed by atoms with Gasteiger partial charge in [-0.3, -0.25) is 4.79 Å². The van der Waals surface area contributed by atoms with E-state index in [1.54, 1.807) is 0 Å². The molecule has 0 bridgehead atoms. The molecule has 1 amide bonds. The molecule has 0 aliphatic carbocycles. The third kappa shape index (κ3) is 2.73. The first-order chi connectivity index (χ1) is 11.7. The first-order valence-corrected chi connectivity index (χ1v) is 8.25. The summed E-state index contributed by atoms with van der Waals surface area (Å²) in [4.78, 5) is 21.5. The highest BCUT2D eigenvalue weighted by Crippen LogP contribution is 2.17. The minimum Gasteiger partial charge on any atom is -0.368 e. The molecule has 1 aliphatic rings. The third-order valence-corrected chi connectivity index (χ3v) is 4.52. The van der Waals surface area contributed by atoms with Gasteiger partial charge in [-0.25, -0.2) is 4.98 Å². The Morgan fingerprint density at radius 1 is 1.04 bits per heavy atom. The highest BCUT2D eigenvalue weighted by atomic mass is 16.2. The molecule has 1 aromatic carbocycles. The number of nitrogens with zero attached hydrogens (tertiary/aromatic N) is 4. The summed E-state index contributed by atoms with van der Waals surface area (Å²) in [6, 6.07) is 14.1.